The van der Waals surface area contributed by atoms with Crippen molar-refractivity contribution in [3.8, 4) is 5.75 Å². The molecule has 3 N–H and O–H groups in total. The van der Waals surface area contributed by atoms with Gasteiger partial charge in [0.1, 0.15) is 23.8 Å². The first-order chi connectivity index (χ1) is 16.0. The molecule has 0 spiro atoms. The number of nitrogens with one attached hydrogen (secondary N) is 2. The van der Waals surface area contributed by atoms with E-state index in [1.54, 1.807) is 4.72 Å². The van der Waals surface area contributed by atoms with Gasteiger partial charge in [-0.2, -0.15) is 12.7 Å². The third-order valence-electron chi connectivity index (χ3n) is 5.59. The number of hydrogen-bond donors (Lipinski definition) is 3. The summed E-state index contributed by atoms with van der Waals surface area (Å²) in [6, 6.07) is 6.69. The summed E-state index contributed by atoms with van der Waals surface area (Å²) in [6.45, 7) is -0.196. The molecule has 10 nitrogen and oxygen atoms in total. The van der Waals surface area contributed by atoms with Gasteiger partial charge in [0.15, 0.2) is 5.82 Å². The van der Waals surface area contributed by atoms with Gasteiger partial charge in [-0.3, -0.25) is 4.79 Å². The average Bonchev–Trinajstić information content (AvgIpc) is 3.03. The van der Waals surface area contributed by atoms with Gasteiger partial charge in [-0.15, -0.1) is 0 Å². The predicted octanol–water partition coefficient (Wildman–Crippen LogP) is 0.794. The monoisotopic (exact) mass is 516 g/mol. The van der Waals surface area contributed by atoms with Crippen LogP contribution in [0.5, 0.6) is 5.75 Å². The number of sulfonamides is 1. The lowest BCUT2D eigenvalue weighted by atomic mass is 10.1. The van der Waals surface area contributed by atoms with Gasteiger partial charge < -0.3 is 10.4 Å². The maximum atomic E-state index is 14.7. The normalized spacial score (nSPS) is 20.9. The number of nitrogens with zero attached hydrogens (tertiary/aromatic N) is 2. The minimum absolute atomic E-state index is 0.0627. The largest absolute Gasteiger partial charge is 0.506 e. The number of aromatic hydroxyl groups is 1. The predicted molar refractivity (Wildman–Crippen MR) is 117 cm³/mol. The van der Waals surface area contributed by atoms with Crippen molar-refractivity contribution in [1.29, 1.82) is 0 Å². The molecule has 184 valence electrons. The van der Waals surface area contributed by atoms with Crippen molar-refractivity contribution in [1.82, 2.24) is 14.3 Å². The summed E-state index contributed by atoms with van der Waals surface area (Å²) in [5, 5.41) is 13.4. The minimum atomic E-state index is -4.29. The van der Waals surface area contributed by atoms with Crippen molar-refractivity contribution in [3.05, 3.63) is 53.6 Å². The van der Waals surface area contributed by atoms with Crippen LogP contribution in [0.3, 0.4) is 0 Å². The van der Waals surface area contributed by atoms with E-state index in [0.717, 1.165) is 18.2 Å². The first-order valence-electron chi connectivity index (χ1n) is 10.3. The lowest BCUT2D eigenvalue weighted by Crippen LogP contribution is -2.47. The molecule has 2 heterocycles. The number of piperidine rings is 1. The van der Waals surface area contributed by atoms with E-state index in [0.29, 0.717) is 22.7 Å². The molecular weight excluding hydrogens is 494 g/mol. The van der Waals surface area contributed by atoms with Gasteiger partial charge in [0.05, 0.1) is 4.90 Å². The van der Waals surface area contributed by atoms with Gasteiger partial charge in [0.2, 0.25) is 10.0 Å². The molecule has 1 amide bonds. The van der Waals surface area contributed by atoms with Crippen LogP contribution in [0.2, 0.25) is 0 Å². The van der Waals surface area contributed by atoms with E-state index in [1.165, 1.54) is 22.5 Å². The molecule has 34 heavy (non-hydrogen) atoms. The fourth-order valence-electron chi connectivity index (χ4n) is 4.00. The number of carbonyl (C=O) groups is 1. The van der Waals surface area contributed by atoms with Crippen LogP contribution in [-0.2, 0) is 31.6 Å². The number of hydrogen-bond acceptors (Lipinski definition) is 7. The number of benzene rings is 2. The Labute approximate surface area is 195 Å². The SMILES string of the molecule is O=C1CN(c2c(O)cc(CN[C@@H]3CCCN(S(=O)(=O)c4cccc(F)c4)C3)cc2F)S(=O)(=O)N1. The zero-order valence-corrected chi connectivity index (χ0v) is 19.4. The van der Waals surface area contributed by atoms with E-state index in [9.17, 15) is 35.5 Å². The highest BCUT2D eigenvalue weighted by Crippen LogP contribution is 2.34. The summed E-state index contributed by atoms with van der Waals surface area (Å²) < 4.78 is 81.2. The Kier molecular flexibility index (Phi) is 6.50. The van der Waals surface area contributed by atoms with Crippen molar-refractivity contribution in [2.24, 2.45) is 0 Å². The molecule has 0 unspecified atom stereocenters. The second-order valence-electron chi connectivity index (χ2n) is 8.02. The van der Waals surface area contributed by atoms with Crippen LogP contribution in [0.15, 0.2) is 41.3 Å². The number of phenols is 1. The number of phenolic OH excluding ortho intramolecular Hbond substituents is 1. The maximum Gasteiger partial charge on any atom is 0.326 e. The molecular formula is C20H22F2N4O6S2. The molecule has 0 radical (unpaired) electrons. The maximum absolute atomic E-state index is 14.7. The van der Waals surface area contributed by atoms with E-state index in [4.69, 9.17) is 0 Å². The molecule has 2 aromatic carbocycles. The van der Waals surface area contributed by atoms with Crippen LogP contribution in [0, 0.1) is 11.6 Å². The quantitative estimate of drug-likeness (QED) is 0.517. The summed E-state index contributed by atoms with van der Waals surface area (Å²) in [6.07, 6.45) is 1.19. The van der Waals surface area contributed by atoms with Crippen LogP contribution in [0.25, 0.3) is 0 Å². The Bertz CT molecular complexity index is 1310. The second-order valence-corrected chi connectivity index (χ2v) is 11.6. The summed E-state index contributed by atoms with van der Waals surface area (Å²) in [7, 11) is -8.18. The number of carbonyl (C=O) groups excluding carboxylic acids is 1. The third-order valence-corrected chi connectivity index (χ3v) is 8.82. The Morgan fingerprint density at radius 2 is 1.97 bits per heavy atom. The van der Waals surface area contributed by atoms with Gasteiger partial charge in [-0.25, -0.2) is 26.2 Å². The molecule has 0 saturated carbocycles. The number of halogens is 2. The lowest BCUT2D eigenvalue weighted by molar-refractivity contribution is -0.117. The highest BCUT2D eigenvalue weighted by atomic mass is 32.2. The molecule has 4 rings (SSSR count). The van der Waals surface area contributed by atoms with E-state index in [-0.39, 0.29) is 30.6 Å². The Morgan fingerprint density at radius 1 is 1.21 bits per heavy atom. The van der Waals surface area contributed by atoms with Crippen LogP contribution in [-0.4, -0.2) is 57.8 Å². The highest BCUT2D eigenvalue weighted by Gasteiger charge is 2.37. The van der Waals surface area contributed by atoms with E-state index in [2.05, 4.69) is 5.32 Å². The van der Waals surface area contributed by atoms with Crippen molar-refractivity contribution in [3.63, 3.8) is 0 Å². The van der Waals surface area contributed by atoms with Crippen LogP contribution < -0.4 is 14.3 Å². The molecule has 2 aliphatic heterocycles. The molecule has 2 aromatic rings. The fourth-order valence-corrected chi connectivity index (χ4v) is 6.73. The van der Waals surface area contributed by atoms with E-state index >= 15 is 0 Å². The van der Waals surface area contributed by atoms with Gasteiger partial charge in [0, 0.05) is 25.7 Å². The average molecular weight is 517 g/mol. The topological polar surface area (TPSA) is 136 Å². The first kappa shape index (κ1) is 24.3. The Morgan fingerprint density at radius 3 is 2.62 bits per heavy atom. The van der Waals surface area contributed by atoms with E-state index in [1.807, 2.05) is 0 Å². The fraction of sp³-hybridized carbons (Fsp3) is 0.350. The van der Waals surface area contributed by atoms with Crippen LogP contribution >= 0.6 is 0 Å². The summed E-state index contributed by atoms with van der Waals surface area (Å²) in [4.78, 5) is 11.3. The minimum Gasteiger partial charge on any atom is -0.506 e. The van der Waals surface area contributed by atoms with Crippen LogP contribution in [0.4, 0.5) is 14.5 Å². The molecule has 1 atom stereocenters. The number of rotatable bonds is 6. The van der Waals surface area contributed by atoms with Crippen LogP contribution in [0.1, 0.15) is 18.4 Å². The molecule has 0 bridgehead atoms. The third kappa shape index (κ3) is 4.85. The zero-order valence-electron chi connectivity index (χ0n) is 17.7. The summed E-state index contributed by atoms with van der Waals surface area (Å²) in [5.74, 6) is -3.19. The van der Waals surface area contributed by atoms with Gasteiger partial charge in [0.25, 0.3) is 5.91 Å². The van der Waals surface area contributed by atoms with Gasteiger partial charge in [-0.1, -0.05) is 6.07 Å². The van der Waals surface area contributed by atoms with Gasteiger partial charge >= 0.3 is 10.2 Å². The first-order valence-corrected chi connectivity index (χ1v) is 13.2. The Hall–Kier alpha value is -2.81. The summed E-state index contributed by atoms with van der Waals surface area (Å²) >= 11 is 0. The van der Waals surface area contributed by atoms with Crippen molar-refractivity contribution >= 4 is 31.8 Å². The Balaban J connectivity index is 1.45. The molecule has 14 heteroatoms. The number of anilines is 1. The molecule has 2 fully saturated rings. The standard InChI is InChI=1S/C20H22F2N4O6S2/c21-14-3-1-5-16(9-14)33(29,30)25-6-2-4-15(11-25)23-10-13-7-17(22)20(18(27)8-13)26-12-19(28)24-34(26,31)32/h1,3,5,7-9,15,23,27H,2,4,6,10-12H2,(H,24,28)/t15-/m1/s1. The van der Waals surface area contributed by atoms with Crippen molar-refractivity contribution in [2.75, 3.05) is 23.9 Å². The van der Waals surface area contributed by atoms with Crippen molar-refractivity contribution in [2.45, 2.75) is 30.3 Å². The van der Waals surface area contributed by atoms with E-state index < -0.39 is 55.8 Å². The second kappa shape index (κ2) is 9.09. The van der Waals surface area contributed by atoms with Crippen molar-refractivity contribution < 1.29 is 35.5 Å². The van der Waals surface area contributed by atoms with Gasteiger partial charge in [-0.05, 0) is 48.7 Å². The number of amides is 1. The summed E-state index contributed by atoms with van der Waals surface area (Å²) in [5.41, 5.74) is -0.341. The molecule has 0 aliphatic carbocycles. The molecule has 2 saturated heterocycles. The smallest absolute Gasteiger partial charge is 0.326 e. The lowest BCUT2D eigenvalue weighted by Gasteiger charge is -2.32. The molecule has 2 aliphatic rings. The highest BCUT2D eigenvalue weighted by molar-refractivity contribution is 7.92. The zero-order chi connectivity index (χ0) is 24.7. The molecule has 0 aromatic heterocycles.